The summed E-state index contributed by atoms with van der Waals surface area (Å²) in [6, 6.07) is 4.31. The molecule has 5 nitrogen and oxygen atoms in total. The summed E-state index contributed by atoms with van der Waals surface area (Å²) in [5, 5.41) is 11.5. The molecule has 0 radical (unpaired) electrons. The summed E-state index contributed by atoms with van der Waals surface area (Å²) in [7, 11) is 0. The van der Waals surface area contributed by atoms with Crippen LogP contribution in [0.3, 0.4) is 0 Å². The minimum atomic E-state index is -1.08. The maximum absolute atomic E-state index is 12.8. The van der Waals surface area contributed by atoms with Crippen molar-refractivity contribution in [3.8, 4) is 5.75 Å². The van der Waals surface area contributed by atoms with E-state index in [-0.39, 0.29) is 0 Å². The molecule has 0 fully saturated rings. The number of carboxylic acids is 1. The van der Waals surface area contributed by atoms with Gasteiger partial charge in [-0.1, -0.05) is 0 Å². The average molecular weight is 315 g/mol. The van der Waals surface area contributed by atoms with Gasteiger partial charge in [0.05, 0.1) is 0 Å². The number of hydrogen-bond donors (Lipinski definition) is 2. The highest BCUT2D eigenvalue weighted by Gasteiger charge is 2.23. The Morgan fingerprint density at radius 1 is 1.38 bits per heavy atom. The number of ether oxygens (including phenoxy) is 1. The van der Waals surface area contributed by atoms with E-state index in [1.54, 1.807) is 0 Å². The van der Waals surface area contributed by atoms with E-state index in [0.717, 1.165) is 0 Å². The number of carbonyl (C=O) groups excluding carboxylic acids is 1. The Kier molecular flexibility index (Phi) is 7.01. The second kappa shape index (κ2) is 8.51. The molecule has 0 spiro atoms. The van der Waals surface area contributed by atoms with Gasteiger partial charge in [0.2, 0.25) is 0 Å². The van der Waals surface area contributed by atoms with Crippen LogP contribution in [0.25, 0.3) is 0 Å². The molecule has 0 aliphatic heterocycles. The van der Waals surface area contributed by atoms with Gasteiger partial charge in [0.25, 0.3) is 5.91 Å². The Balaban J connectivity index is 2.56. The number of carbonyl (C=O) groups is 2. The highest BCUT2D eigenvalue weighted by atomic mass is 32.2. The molecular weight excluding hydrogens is 297 g/mol. The lowest BCUT2D eigenvalue weighted by atomic mass is 10.2. The fraction of sp³-hybridized carbons (Fsp3) is 0.429. The summed E-state index contributed by atoms with van der Waals surface area (Å²) in [6.07, 6.45) is 1.33. The zero-order valence-electron chi connectivity index (χ0n) is 11.8. The van der Waals surface area contributed by atoms with E-state index in [9.17, 15) is 14.0 Å². The number of nitrogens with one attached hydrogen (secondary N) is 1. The molecule has 116 valence electrons. The Bertz CT molecular complexity index is 480. The van der Waals surface area contributed by atoms with Crippen molar-refractivity contribution in [1.29, 1.82) is 0 Å². The molecule has 0 saturated heterocycles. The SMILES string of the molecule is CSCCC(NC(=O)C(C)Oc1ccc(F)cc1)C(=O)O. The van der Waals surface area contributed by atoms with Crippen LogP contribution < -0.4 is 10.1 Å². The number of aliphatic carboxylic acids is 1. The van der Waals surface area contributed by atoms with Crippen molar-refractivity contribution in [2.24, 2.45) is 0 Å². The summed E-state index contributed by atoms with van der Waals surface area (Å²) >= 11 is 1.51. The van der Waals surface area contributed by atoms with Crippen molar-refractivity contribution in [3.05, 3.63) is 30.1 Å². The molecule has 2 unspecified atom stereocenters. The van der Waals surface area contributed by atoms with E-state index in [0.29, 0.717) is 17.9 Å². The van der Waals surface area contributed by atoms with Gasteiger partial charge in [0.15, 0.2) is 6.10 Å². The summed E-state index contributed by atoms with van der Waals surface area (Å²) < 4.78 is 18.1. The molecule has 1 amide bonds. The molecule has 2 atom stereocenters. The molecule has 0 saturated carbocycles. The summed E-state index contributed by atoms with van der Waals surface area (Å²) in [5.41, 5.74) is 0. The van der Waals surface area contributed by atoms with Crippen molar-refractivity contribution in [1.82, 2.24) is 5.32 Å². The average Bonchev–Trinajstić information content (AvgIpc) is 2.45. The number of carboxylic acid groups (broad SMARTS) is 1. The largest absolute Gasteiger partial charge is 0.481 e. The zero-order valence-corrected chi connectivity index (χ0v) is 12.7. The van der Waals surface area contributed by atoms with Crippen molar-refractivity contribution in [3.63, 3.8) is 0 Å². The second-order valence-electron chi connectivity index (χ2n) is 4.39. The first kappa shape index (κ1) is 17.3. The fourth-order valence-electron chi connectivity index (χ4n) is 1.55. The molecule has 1 aromatic rings. The maximum atomic E-state index is 12.8. The number of amides is 1. The molecule has 0 aliphatic carbocycles. The van der Waals surface area contributed by atoms with Gasteiger partial charge >= 0.3 is 5.97 Å². The number of thioether (sulfide) groups is 1. The van der Waals surface area contributed by atoms with Gasteiger partial charge in [0.1, 0.15) is 17.6 Å². The summed E-state index contributed by atoms with van der Waals surface area (Å²) in [6.45, 7) is 1.51. The van der Waals surface area contributed by atoms with E-state index < -0.39 is 29.8 Å². The normalized spacial score (nSPS) is 13.3. The molecule has 0 aliphatic rings. The van der Waals surface area contributed by atoms with E-state index in [1.165, 1.54) is 43.0 Å². The van der Waals surface area contributed by atoms with Crippen LogP contribution in [0.1, 0.15) is 13.3 Å². The predicted molar refractivity (Wildman–Crippen MR) is 79.1 cm³/mol. The standard InChI is InChI=1S/C14H18FNO4S/c1-9(20-11-5-3-10(15)4-6-11)13(17)16-12(14(18)19)7-8-21-2/h3-6,9,12H,7-8H2,1-2H3,(H,16,17)(H,18,19). The van der Waals surface area contributed by atoms with Crippen LogP contribution >= 0.6 is 11.8 Å². The van der Waals surface area contributed by atoms with Gasteiger partial charge in [-0.2, -0.15) is 11.8 Å². The predicted octanol–water partition coefficient (Wildman–Crippen LogP) is 1.92. The van der Waals surface area contributed by atoms with Gasteiger partial charge in [-0.3, -0.25) is 4.79 Å². The second-order valence-corrected chi connectivity index (χ2v) is 5.38. The first-order chi connectivity index (χ1) is 9.93. The summed E-state index contributed by atoms with van der Waals surface area (Å²) in [4.78, 5) is 23.0. The van der Waals surface area contributed by atoms with E-state index in [4.69, 9.17) is 9.84 Å². The molecule has 0 aromatic heterocycles. The van der Waals surface area contributed by atoms with Crippen LogP contribution in [0, 0.1) is 5.82 Å². The van der Waals surface area contributed by atoms with E-state index >= 15 is 0 Å². The van der Waals surface area contributed by atoms with E-state index in [1.807, 2.05) is 6.26 Å². The molecule has 0 heterocycles. The number of hydrogen-bond acceptors (Lipinski definition) is 4. The Morgan fingerprint density at radius 2 is 2.00 bits per heavy atom. The van der Waals surface area contributed by atoms with Gasteiger partial charge in [0, 0.05) is 0 Å². The molecule has 1 aromatic carbocycles. The smallest absolute Gasteiger partial charge is 0.326 e. The van der Waals surface area contributed by atoms with Crippen LogP contribution in [-0.2, 0) is 9.59 Å². The molecule has 2 N–H and O–H groups in total. The maximum Gasteiger partial charge on any atom is 0.326 e. The third kappa shape index (κ3) is 6.03. The molecule has 21 heavy (non-hydrogen) atoms. The number of benzene rings is 1. The minimum Gasteiger partial charge on any atom is -0.481 e. The van der Waals surface area contributed by atoms with Crippen LogP contribution in [0.2, 0.25) is 0 Å². The highest BCUT2D eigenvalue weighted by Crippen LogP contribution is 2.13. The van der Waals surface area contributed by atoms with Crippen molar-refractivity contribution in [2.45, 2.75) is 25.5 Å². The topological polar surface area (TPSA) is 75.6 Å². The van der Waals surface area contributed by atoms with Crippen molar-refractivity contribution < 1.29 is 23.8 Å². The Labute approximate surface area is 126 Å². The number of halogens is 1. The van der Waals surface area contributed by atoms with Gasteiger partial charge < -0.3 is 15.2 Å². The zero-order chi connectivity index (χ0) is 15.8. The third-order valence-corrected chi connectivity index (χ3v) is 3.36. The lowest BCUT2D eigenvalue weighted by molar-refractivity contribution is -0.142. The highest BCUT2D eigenvalue weighted by molar-refractivity contribution is 7.98. The molecule has 0 bridgehead atoms. The Morgan fingerprint density at radius 3 is 2.52 bits per heavy atom. The van der Waals surface area contributed by atoms with Crippen LogP contribution in [0.15, 0.2) is 24.3 Å². The van der Waals surface area contributed by atoms with Crippen molar-refractivity contribution >= 4 is 23.6 Å². The van der Waals surface area contributed by atoms with Gasteiger partial charge in [-0.25, -0.2) is 9.18 Å². The van der Waals surface area contributed by atoms with Gasteiger partial charge in [-0.15, -0.1) is 0 Å². The lowest BCUT2D eigenvalue weighted by Crippen LogP contribution is -2.46. The molecular formula is C14H18FNO4S. The first-order valence-corrected chi connectivity index (χ1v) is 7.77. The van der Waals surface area contributed by atoms with Crippen LogP contribution in [-0.4, -0.2) is 41.1 Å². The van der Waals surface area contributed by atoms with Crippen LogP contribution in [0.4, 0.5) is 4.39 Å². The van der Waals surface area contributed by atoms with Gasteiger partial charge in [-0.05, 0) is 49.6 Å². The number of rotatable bonds is 8. The minimum absolute atomic E-state index is 0.339. The van der Waals surface area contributed by atoms with Crippen LogP contribution in [0.5, 0.6) is 5.75 Å². The molecule has 1 rings (SSSR count). The third-order valence-electron chi connectivity index (χ3n) is 2.72. The van der Waals surface area contributed by atoms with E-state index in [2.05, 4.69) is 5.32 Å². The molecule has 7 heteroatoms. The first-order valence-electron chi connectivity index (χ1n) is 6.38. The monoisotopic (exact) mass is 315 g/mol. The Hall–Kier alpha value is -1.76. The summed E-state index contributed by atoms with van der Waals surface area (Å²) in [5.74, 6) is -1.03. The quantitative estimate of drug-likeness (QED) is 0.766. The fourth-order valence-corrected chi connectivity index (χ4v) is 2.02. The van der Waals surface area contributed by atoms with Crippen molar-refractivity contribution in [2.75, 3.05) is 12.0 Å². The lowest BCUT2D eigenvalue weighted by Gasteiger charge is -2.18.